The lowest BCUT2D eigenvalue weighted by Crippen LogP contribution is -2.37. The summed E-state index contributed by atoms with van der Waals surface area (Å²) in [5.74, 6) is 0.00543. The van der Waals surface area contributed by atoms with E-state index in [0.29, 0.717) is 24.9 Å². The first-order chi connectivity index (χ1) is 11.0. The van der Waals surface area contributed by atoms with Gasteiger partial charge in [0.05, 0.1) is 11.3 Å². The zero-order valence-electron chi connectivity index (χ0n) is 13.2. The lowest BCUT2D eigenvalue weighted by molar-refractivity contribution is -0.384. The van der Waals surface area contributed by atoms with Gasteiger partial charge < -0.3 is 10.2 Å². The van der Waals surface area contributed by atoms with Crippen LogP contribution in [-0.4, -0.2) is 40.8 Å². The molecule has 1 fully saturated rings. The van der Waals surface area contributed by atoms with E-state index in [9.17, 15) is 19.7 Å². The Bertz CT molecular complexity index is 603. The third-order valence-electron chi connectivity index (χ3n) is 3.90. The van der Waals surface area contributed by atoms with Crippen molar-refractivity contribution in [2.45, 2.75) is 38.6 Å². The van der Waals surface area contributed by atoms with E-state index < -0.39 is 4.92 Å². The van der Waals surface area contributed by atoms with Crippen LogP contribution in [0.15, 0.2) is 24.3 Å². The van der Waals surface area contributed by atoms with Crippen LogP contribution in [0.25, 0.3) is 0 Å². The van der Waals surface area contributed by atoms with Crippen LogP contribution in [0.1, 0.15) is 31.7 Å². The van der Waals surface area contributed by atoms with E-state index in [4.69, 9.17) is 0 Å². The molecule has 1 N–H and O–H groups in total. The molecule has 0 spiro atoms. The van der Waals surface area contributed by atoms with Crippen LogP contribution in [0.2, 0.25) is 0 Å². The molecular formula is C16H21N3O4. The van der Waals surface area contributed by atoms with Gasteiger partial charge in [-0.05, 0) is 25.3 Å². The lowest BCUT2D eigenvalue weighted by atomic mass is 10.1. The molecule has 0 radical (unpaired) electrons. The fraction of sp³-hybridized carbons (Fsp3) is 0.500. The fourth-order valence-corrected chi connectivity index (χ4v) is 2.65. The summed E-state index contributed by atoms with van der Waals surface area (Å²) in [6.07, 6.45) is 2.33. The van der Waals surface area contributed by atoms with Gasteiger partial charge >= 0.3 is 0 Å². The number of rotatable bonds is 7. The molecule has 2 amide bonds. The van der Waals surface area contributed by atoms with E-state index >= 15 is 0 Å². The minimum absolute atomic E-state index is 0.0177. The van der Waals surface area contributed by atoms with Crippen molar-refractivity contribution in [3.05, 3.63) is 39.9 Å². The Morgan fingerprint density at radius 3 is 2.91 bits per heavy atom. The summed E-state index contributed by atoms with van der Waals surface area (Å²) >= 11 is 0. The number of amides is 2. The first kappa shape index (κ1) is 16.9. The highest BCUT2D eigenvalue weighted by atomic mass is 16.6. The Balaban J connectivity index is 1.78. The molecule has 7 nitrogen and oxygen atoms in total. The van der Waals surface area contributed by atoms with Gasteiger partial charge in [0.1, 0.15) is 0 Å². The second-order valence-corrected chi connectivity index (χ2v) is 5.85. The Morgan fingerprint density at radius 2 is 2.26 bits per heavy atom. The number of nitrogens with one attached hydrogen (secondary N) is 1. The maximum Gasteiger partial charge on any atom is 0.269 e. The van der Waals surface area contributed by atoms with Crippen molar-refractivity contribution in [2.75, 3.05) is 13.1 Å². The third-order valence-corrected chi connectivity index (χ3v) is 3.90. The van der Waals surface area contributed by atoms with Crippen LogP contribution in [0.3, 0.4) is 0 Å². The Hall–Kier alpha value is -2.44. The summed E-state index contributed by atoms with van der Waals surface area (Å²) in [6.45, 7) is 3.34. The van der Waals surface area contributed by atoms with E-state index in [2.05, 4.69) is 5.32 Å². The van der Waals surface area contributed by atoms with E-state index in [-0.39, 0.29) is 30.0 Å². The monoisotopic (exact) mass is 319 g/mol. The van der Waals surface area contributed by atoms with Crippen molar-refractivity contribution >= 4 is 17.5 Å². The minimum atomic E-state index is -0.475. The maximum atomic E-state index is 12.0. The highest BCUT2D eigenvalue weighted by Crippen LogP contribution is 2.14. The zero-order chi connectivity index (χ0) is 16.8. The molecule has 1 atom stereocenters. The molecule has 0 aliphatic carbocycles. The van der Waals surface area contributed by atoms with Crippen LogP contribution in [0.4, 0.5) is 5.69 Å². The average molecular weight is 319 g/mol. The van der Waals surface area contributed by atoms with E-state index in [1.165, 1.54) is 12.1 Å². The van der Waals surface area contributed by atoms with Crippen molar-refractivity contribution in [1.29, 1.82) is 0 Å². The van der Waals surface area contributed by atoms with Gasteiger partial charge in [-0.2, -0.15) is 0 Å². The molecule has 1 aromatic rings. The summed E-state index contributed by atoms with van der Waals surface area (Å²) in [7, 11) is 0. The van der Waals surface area contributed by atoms with Crippen molar-refractivity contribution < 1.29 is 14.5 Å². The SMILES string of the molecule is C[C@@H](CCN1CCCC1=O)NC(=O)Cc1cccc([N+](=O)[O-])c1. The Morgan fingerprint density at radius 1 is 1.48 bits per heavy atom. The van der Waals surface area contributed by atoms with Crippen molar-refractivity contribution in [3.63, 3.8) is 0 Å². The van der Waals surface area contributed by atoms with Crippen molar-refractivity contribution in [3.8, 4) is 0 Å². The molecule has 0 saturated carbocycles. The van der Waals surface area contributed by atoms with E-state index in [1.54, 1.807) is 12.1 Å². The number of likely N-dealkylation sites (tertiary alicyclic amines) is 1. The van der Waals surface area contributed by atoms with Gasteiger partial charge in [-0.1, -0.05) is 12.1 Å². The smallest absolute Gasteiger partial charge is 0.269 e. The molecule has 1 aliphatic heterocycles. The molecule has 0 bridgehead atoms. The number of carbonyl (C=O) groups is 2. The highest BCUT2D eigenvalue weighted by molar-refractivity contribution is 5.79. The van der Waals surface area contributed by atoms with Crippen LogP contribution in [-0.2, 0) is 16.0 Å². The number of hydrogen-bond donors (Lipinski definition) is 1. The fourth-order valence-electron chi connectivity index (χ4n) is 2.65. The number of benzene rings is 1. The molecule has 2 rings (SSSR count). The highest BCUT2D eigenvalue weighted by Gasteiger charge is 2.20. The second kappa shape index (κ2) is 7.71. The summed E-state index contributed by atoms with van der Waals surface area (Å²) < 4.78 is 0. The largest absolute Gasteiger partial charge is 0.353 e. The average Bonchev–Trinajstić information content (AvgIpc) is 2.90. The van der Waals surface area contributed by atoms with Crippen LogP contribution in [0.5, 0.6) is 0 Å². The molecule has 0 aromatic heterocycles. The maximum absolute atomic E-state index is 12.0. The molecule has 124 valence electrons. The minimum Gasteiger partial charge on any atom is -0.353 e. The topological polar surface area (TPSA) is 92.6 Å². The van der Waals surface area contributed by atoms with Gasteiger partial charge in [-0.25, -0.2) is 0 Å². The molecule has 23 heavy (non-hydrogen) atoms. The first-order valence-electron chi connectivity index (χ1n) is 7.76. The Labute approximate surface area is 134 Å². The summed E-state index contributed by atoms with van der Waals surface area (Å²) in [5, 5.41) is 13.6. The van der Waals surface area contributed by atoms with Gasteiger partial charge in [0.15, 0.2) is 0 Å². The van der Waals surface area contributed by atoms with E-state index in [0.717, 1.165) is 13.0 Å². The van der Waals surface area contributed by atoms with Gasteiger partial charge in [-0.15, -0.1) is 0 Å². The van der Waals surface area contributed by atoms with Crippen molar-refractivity contribution in [1.82, 2.24) is 10.2 Å². The molecule has 7 heteroatoms. The van der Waals surface area contributed by atoms with Gasteiger partial charge in [-0.3, -0.25) is 19.7 Å². The lowest BCUT2D eigenvalue weighted by Gasteiger charge is -2.19. The summed E-state index contributed by atoms with van der Waals surface area (Å²) in [6, 6.07) is 6.03. The number of hydrogen-bond acceptors (Lipinski definition) is 4. The quantitative estimate of drug-likeness (QED) is 0.611. The summed E-state index contributed by atoms with van der Waals surface area (Å²) in [4.78, 5) is 35.6. The Kier molecular flexibility index (Phi) is 5.67. The third kappa shape index (κ3) is 5.05. The predicted molar refractivity (Wildman–Crippen MR) is 84.8 cm³/mol. The summed E-state index contributed by atoms with van der Waals surface area (Å²) in [5.41, 5.74) is 0.592. The molecular weight excluding hydrogens is 298 g/mol. The van der Waals surface area contributed by atoms with Crippen LogP contribution >= 0.6 is 0 Å². The number of nitro groups is 1. The first-order valence-corrected chi connectivity index (χ1v) is 7.76. The predicted octanol–water partition coefficient (Wildman–Crippen LogP) is 1.65. The molecule has 1 aliphatic rings. The van der Waals surface area contributed by atoms with Crippen LogP contribution in [0, 0.1) is 10.1 Å². The van der Waals surface area contributed by atoms with Gasteiger partial charge in [0.2, 0.25) is 11.8 Å². The number of nitro benzene ring substituents is 1. The molecule has 0 unspecified atom stereocenters. The van der Waals surface area contributed by atoms with Crippen molar-refractivity contribution in [2.24, 2.45) is 0 Å². The molecule has 1 saturated heterocycles. The normalized spacial score (nSPS) is 15.5. The zero-order valence-corrected chi connectivity index (χ0v) is 13.2. The van der Waals surface area contributed by atoms with Gasteiger partial charge in [0, 0.05) is 37.7 Å². The van der Waals surface area contributed by atoms with Crippen LogP contribution < -0.4 is 5.32 Å². The number of non-ortho nitro benzene ring substituents is 1. The van der Waals surface area contributed by atoms with Gasteiger partial charge in [0.25, 0.3) is 5.69 Å². The van der Waals surface area contributed by atoms with E-state index in [1.807, 2.05) is 11.8 Å². The second-order valence-electron chi connectivity index (χ2n) is 5.85. The number of nitrogens with zero attached hydrogens (tertiary/aromatic N) is 2. The molecule has 1 heterocycles. The number of carbonyl (C=O) groups excluding carboxylic acids is 2. The standard InChI is InChI=1S/C16H21N3O4/c1-12(7-9-18-8-3-6-16(18)21)17-15(20)11-13-4-2-5-14(10-13)19(22)23/h2,4-5,10,12H,3,6-9,11H2,1H3,(H,17,20)/t12-/m0/s1. The molecule has 1 aromatic carbocycles.